The fraction of sp³-hybridized carbons (Fsp3) is 0.625. The summed E-state index contributed by atoms with van der Waals surface area (Å²) in [5.41, 5.74) is 1.49. The molecule has 0 bridgehead atoms. The van der Waals surface area contributed by atoms with Crippen molar-refractivity contribution < 1.29 is 14.0 Å². The van der Waals surface area contributed by atoms with Gasteiger partial charge in [0.2, 0.25) is 0 Å². The van der Waals surface area contributed by atoms with Crippen molar-refractivity contribution in [2.45, 2.75) is 41.7 Å². The Labute approximate surface area is 91.1 Å². The first-order valence-corrected chi connectivity index (χ1v) is 17.3. The van der Waals surface area contributed by atoms with E-state index in [-0.39, 0.29) is 0 Å². The number of rotatable bonds is 1. The van der Waals surface area contributed by atoms with Crippen molar-refractivity contribution in [2.75, 3.05) is 0 Å². The van der Waals surface area contributed by atoms with Gasteiger partial charge < -0.3 is 0 Å². The molecule has 4 unspecified atom stereocenters. The minimum absolute atomic E-state index is 0.678. The summed E-state index contributed by atoms with van der Waals surface area (Å²) in [7, 11) is -3.41. The Morgan fingerprint density at radius 1 is 0.833 bits per heavy atom. The fourth-order valence-electron chi connectivity index (χ4n) is 25.5. The summed E-state index contributed by atoms with van der Waals surface area (Å²) in [6.45, 7) is 0. The van der Waals surface area contributed by atoms with Crippen LogP contribution >= 0.6 is 0 Å². The van der Waals surface area contributed by atoms with Gasteiger partial charge in [-0.15, -0.1) is 0 Å². The molecule has 10 aliphatic rings. The summed E-state index contributed by atoms with van der Waals surface area (Å²) in [5.74, 6) is 0.678. The Kier molecular flexibility index (Phi) is 0.193. The van der Waals surface area contributed by atoms with Gasteiger partial charge in [0.25, 0.3) is 0 Å². The zero-order valence-corrected chi connectivity index (χ0v) is 11.5. The van der Waals surface area contributed by atoms with Crippen molar-refractivity contribution in [1.29, 1.82) is 0 Å². The number of benzene rings is 1. The quantitative estimate of drug-likeness (QED) is 0.759. The maximum absolute atomic E-state index is 10.5. The minimum atomic E-state index is -3.41. The van der Waals surface area contributed by atoms with Crippen LogP contribution in [0.15, 0.2) is 24.3 Å². The number of phenols is 1. The van der Waals surface area contributed by atoms with Crippen LogP contribution in [-0.2, 0) is 12.6 Å². The van der Waals surface area contributed by atoms with Crippen LogP contribution in [0.2, 0.25) is 38.0 Å². The topological polar surface area (TPSA) is 20.2 Å². The van der Waals surface area contributed by atoms with E-state index in [1.165, 1.54) is 43.6 Å². The Morgan fingerprint density at radius 3 is 1.78 bits per heavy atom. The van der Waals surface area contributed by atoms with E-state index in [4.69, 9.17) is 0 Å². The molecule has 0 saturated carbocycles. The summed E-state index contributed by atoms with van der Waals surface area (Å²) in [5, 5.41) is 10.5. The molecule has 1 nitrogen and oxygen atoms in total. The Balaban J connectivity index is 1.61. The number of hydrogen-bond acceptors (Lipinski definition) is 1. The van der Waals surface area contributed by atoms with E-state index < -0.39 is 8.89 Å². The van der Waals surface area contributed by atoms with Gasteiger partial charge >= 0.3 is 91.3 Å². The molecule has 88 valence electrons. The second-order valence-corrected chi connectivity index (χ2v) is 47.6. The summed E-state index contributed by atoms with van der Waals surface area (Å²) in [6, 6.07) is 8.53. The summed E-state index contributed by atoms with van der Waals surface area (Å²) in [6.07, 6.45) is 0. The molecular weight excluding hydrogens is 256 g/mol. The summed E-state index contributed by atoms with van der Waals surface area (Å²) >= 11 is 0. The maximum atomic E-state index is 10.5. The Bertz CT molecular complexity index is 1080. The van der Waals surface area contributed by atoms with Crippen LogP contribution in [0, 0.1) is 0 Å². The van der Waals surface area contributed by atoms with Crippen molar-refractivity contribution in [3.63, 3.8) is 0 Å². The van der Waals surface area contributed by atoms with Crippen LogP contribution in [-0.4, -0.2) is 5.11 Å². The third-order valence-electron chi connectivity index (χ3n) is 21.6. The molecule has 18 heavy (non-hydrogen) atoms. The third-order valence-corrected chi connectivity index (χ3v) is 81.5. The van der Waals surface area contributed by atoms with Gasteiger partial charge in [-0.25, -0.2) is 0 Å². The summed E-state index contributed by atoms with van der Waals surface area (Å²) < 4.78 is 13.0. The zero-order chi connectivity index (χ0) is 11.0. The van der Waals surface area contributed by atoms with Crippen molar-refractivity contribution in [2.24, 2.45) is 0 Å². The molecule has 0 aromatic heterocycles. The number of hydrogen-bond donors (Lipinski definition) is 1. The first kappa shape index (κ1) is 6.46. The molecule has 0 radical (unpaired) electrons. The SMILES string of the molecule is Oc1ccccc1[C]12[CH]3[CH]4[CH]5[CH]1[Ti]45321678[CH]2[CH]1[CH]6[CH]7[CH]28. The van der Waals surface area contributed by atoms with E-state index in [1.54, 1.807) is 0 Å². The number of para-hydroxylation sites is 1. The van der Waals surface area contributed by atoms with Crippen LogP contribution < -0.4 is 0 Å². The van der Waals surface area contributed by atoms with Gasteiger partial charge in [0.05, 0.1) is 0 Å². The molecule has 1 spiro atoms. The van der Waals surface area contributed by atoms with E-state index in [9.17, 15) is 5.11 Å². The number of phenolic OH excluding ortho intramolecular Hbond substituents is 1. The second-order valence-electron chi connectivity index (χ2n) is 14.3. The van der Waals surface area contributed by atoms with E-state index in [0.29, 0.717) is 5.75 Å². The van der Waals surface area contributed by atoms with E-state index in [0.717, 1.165) is 3.72 Å². The zero-order valence-electron chi connectivity index (χ0n) is 9.95. The molecular formula is C16H14OTi. The van der Waals surface area contributed by atoms with Gasteiger partial charge in [-0.2, -0.15) is 0 Å². The normalized spacial score (nSPS) is 113. The van der Waals surface area contributed by atoms with Crippen LogP contribution in [0.25, 0.3) is 0 Å². The molecule has 1 aromatic carbocycles. The molecule has 11 rings (SSSR count). The van der Waals surface area contributed by atoms with Gasteiger partial charge in [0.15, 0.2) is 0 Å². The molecule has 10 heterocycles. The first-order valence-electron chi connectivity index (χ1n) is 8.39. The first-order chi connectivity index (χ1) is 8.56. The van der Waals surface area contributed by atoms with Crippen LogP contribution in [0.5, 0.6) is 5.75 Å². The molecule has 10 fully saturated rings. The van der Waals surface area contributed by atoms with Crippen molar-refractivity contribution in [3.8, 4) is 5.75 Å². The average Bonchev–Trinajstić information content (AvgIpc) is 3.33. The van der Waals surface area contributed by atoms with Crippen molar-refractivity contribution in [3.05, 3.63) is 29.8 Å². The molecule has 2 heteroatoms. The van der Waals surface area contributed by atoms with Crippen LogP contribution in [0.3, 0.4) is 0 Å². The van der Waals surface area contributed by atoms with Gasteiger partial charge in [0, 0.05) is 0 Å². The molecule has 10 saturated heterocycles. The monoisotopic (exact) mass is 270 g/mol. The Hall–Kier alpha value is -0.266. The molecule has 10 aliphatic heterocycles. The van der Waals surface area contributed by atoms with Crippen molar-refractivity contribution in [1.82, 2.24) is 0 Å². The third kappa shape index (κ3) is 0.0647. The van der Waals surface area contributed by atoms with E-state index in [2.05, 4.69) is 12.1 Å². The molecule has 0 aliphatic carbocycles. The van der Waals surface area contributed by atoms with Crippen LogP contribution in [0.4, 0.5) is 0 Å². The molecule has 4 atom stereocenters. The van der Waals surface area contributed by atoms with E-state index in [1.807, 2.05) is 12.1 Å². The molecule has 1 N–H and O–H groups in total. The number of fused-ring (bicyclic) bond motifs is 10. The fourth-order valence-corrected chi connectivity index (χ4v) is 148. The predicted molar refractivity (Wildman–Crippen MR) is 63.5 cm³/mol. The molecule has 0 amide bonds. The number of aromatic hydroxyl groups is 1. The van der Waals surface area contributed by atoms with E-state index >= 15 is 0 Å². The van der Waals surface area contributed by atoms with Gasteiger partial charge in [-0.1, -0.05) is 0 Å². The average molecular weight is 270 g/mol. The van der Waals surface area contributed by atoms with Crippen molar-refractivity contribution >= 4 is 0 Å². The standard InChI is InChI=1S/C11H9O.C5H5.Ti/c12-11-8-4-3-7-10(11)9-5-1-2-6-9;1-2-4-5-3-1;/h1-8,12H;1-5H;. The second kappa shape index (κ2) is 0.538. The van der Waals surface area contributed by atoms with Gasteiger partial charge in [0.1, 0.15) is 0 Å². The van der Waals surface area contributed by atoms with Gasteiger partial charge in [-0.05, 0) is 0 Å². The van der Waals surface area contributed by atoms with Gasteiger partial charge in [-0.3, -0.25) is 0 Å². The Morgan fingerprint density at radius 2 is 1.39 bits per heavy atom. The molecule has 1 aromatic rings. The van der Waals surface area contributed by atoms with Crippen LogP contribution in [0.1, 0.15) is 5.56 Å². The predicted octanol–water partition coefficient (Wildman–Crippen LogP) is 4.19. The summed E-state index contributed by atoms with van der Waals surface area (Å²) in [4.78, 5) is 0.